The fraction of sp³-hybridized carbons (Fsp3) is 0.348. The highest BCUT2D eigenvalue weighted by atomic mass is 35.5. The van der Waals surface area contributed by atoms with Crippen molar-refractivity contribution in [2.45, 2.75) is 32.4 Å². The normalized spacial score (nSPS) is 17.6. The van der Waals surface area contributed by atoms with Gasteiger partial charge in [-0.25, -0.2) is 0 Å². The Kier molecular flexibility index (Phi) is 6.83. The molecule has 2 N–H and O–H groups in total. The second-order valence-corrected chi connectivity index (χ2v) is 7.58. The van der Waals surface area contributed by atoms with Crippen LogP contribution in [0.2, 0.25) is 0 Å². The Morgan fingerprint density at radius 1 is 1.21 bits per heavy atom. The Bertz CT molecular complexity index is 969. The summed E-state index contributed by atoms with van der Waals surface area (Å²) in [5, 5.41) is 2.30. The SMILES string of the molecule is CC(N)C1CCCN(C(=O)c2ccc(COc3ccc4ccccc4c3)o2)C1.Cl. The maximum absolute atomic E-state index is 12.8. The van der Waals surface area contributed by atoms with Gasteiger partial charge in [-0.05, 0) is 60.7 Å². The van der Waals surface area contributed by atoms with Crippen molar-refractivity contribution >= 4 is 29.1 Å². The molecule has 1 amide bonds. The Balaban J connectivity index is 0.00000240. The van der Waals surface area contributed by atoms with Gasteiger partial charge in [0.1, 0.15) is 18.1 Å². The van der Waals surface area contributed by atoms with Crippen molar-refractivity contribution < 1.29 is 13.9 Å². The van der Waals surface area contributed by atoms with Crippen molar-refractivity contribution in [1.82, 2.24) is 4.90 Å². The third-order valence-corrected chi connectivity index (χ3v) is 5.46. The summed E-state index contributed by atoms with van der Waals surface area (Å²) in [6.07, 6.45) is 2.06. The number of nitrogens with two attached hydrogens (primary N) is 1. The third-order valence-electron chi connectivity index (χ3n) is 5.46. The van der Waals surface area contributed by atoms with Crippen LogP contribution in [-0.2, 0) is 6.61 Å². The maximum Gasteiger partial charge on any atom is 0.289 e. The highest BCUT2D eigenvalue weighted by Crippen LogP contribution is 2.23. The van der Waals surface area contributed by atoms with E-state index in [1.54, 1.807) is 12.1 Å². The van der Waals surface area contributed by atoms with Gasteiger partial charge < -0.3 is 19.8 Å². The molecular weight excluding hydrogens is 388 g/mol. The summed E-state index contributed by atoms with van der Waals surface area (Å²) in [7, 11) is 0. The third kappa shape index (κ3) is 4.92. The Morgan fingerprint density at radius 2 is 2.00 bits per heavy atom. The van der Waals surface area contributed by atoms with Crippen LogP contribution in [0.25, 0.3) is 10.8 Å². The summed E-state index contributed by atoms with van der Waals surface area (Å²) in [6.45, 7) is 3.74. The minimum absolute atomic E-state index is 0. The average Bonchev–Trinajstić information content (AvgIpc) is 3.20. The van der Waals surface area contributed by atoms with E-state index >= 15 is 0 Å². The van der Waals surface area contributed by atoms with Crippen LogP contribution in [0, 0.1) is 5.92 Å². The molecule has 0 aliphatic carbocycles. The van der Waals surface area contributed by atoms with Gasteiger partial charge in [0.2, 0.25) is 0 Å². The van der Waals surface area contributed by atoms with E-state index in [-0.39, 0.29) is 31.0 Å². The van der Waals surface area contributed by atoms with Crippen LogP contribution >= 0.6 is 12.4 Å². The molecule has 1 aromatic heterocycles. The van der Waals surface area contributed by atoms with Crippen molar-refractivity contribution in [3.8, 4) is 5.75 Å². The van der Waals surface area contributed by atoms with Crippen molar-refractivity contribution in [3.63, 3.8) is 0 Å². The lowest BCUT2D eigenvalue weighted by Gasteiger charge is -2.34. The van der Waals surface area contributed by atoms with Crippen molar-refractivity contribution in [2.75, 3.05) is 13.1 Å². The monoisotopic (exact) mass is 414 g/mol. The largest absolute Gasteiger partial charge is 0.486 e. The zero-order valence-electron chi connectivity index (χ0n) is 16.5. The first kappa shape index (κ1) is 21.2. The van der Waals surface area contributed by atoms with Crippen LogP contribution in [0.3, 0.4) is 0 Å². The fourth-order valence-electron chi connectivity index (χ4n) is 3.76. The number of ether oxygens (including phenoxy) is 1. The molecular formula is C23H27ClN2O3. The number of nitrogens with zero attached hydrogens (tertiary/aromatic N) is 1. The molecule has 1 fully saturated rings. The van der Waals surface area contributed by atoms with E-state index in [0.29, 0.717) is 24.0 Å². The van der Waals surface area contributed by atoms with Gasteiger partial charge in [0.05, 0.1) is 0 Å². The molecule has 0 bridgehead atoms. The number of furan rings is 1. The molecule has 0 radical (unpaired) electrons. The van der Waals surface area contributed by atoms with Crippen molar-refractivity contribution in [1.29, 1.82) is 0 Å². The Morgan fingerprint density at radius 3 is 2.79 bits per heavy atom. The van der Waals surface area contributed by atoms with Crippen LogP contribution in [0.4, 0.5) is 0 Å². The van der Waals surface area contributed by atoms with Gasteiger partial charge in [0, 0.05) is 19.1 Å². The second kappa shape index (κ2) is 9.33. The van der Waals surface area contributed by atoms with Gasteiger partial charge in [-0.1, -0.05) is 30.3 Å². The standard InChI is InChI=1S/C23H26N2O3.ClH/c1-16(24)19-7-4-12-25(14-19)23(26)22-11-10-21(28-22)15-27-20-9-8-17-5-2-3-6-18(17)13-20;/h2-3,5-6,8-11,13,16,19H,4,7,12,14-15,24H2,1H3;1H. The van der Waals surface area contributed by atoms with Crippen molar-refractivity contribution in [3.05, 3.63) is 66.1 Å². The molecule has 1 aliphatic rings. The van der Waals surface area contributed by atoms with E-state index in [4.69, 9.17) is 14.9 Å². The van der Waals surface area contributed by atoms with Gasteiger partial charge in [-0.15, -0.1) is 12.4 Å². The molecule has 154 valence electrons. The smallest absolute Gasteiger partial charge is 0.289 e. The van der Waals surface area contributed by atoms with E-state index in [1.807, 2.05) is 42.2 Å². The molecule has 2 atom stereocenters. The number of piperidine rings is 1. The van der Waals surface area contributed by atoms with Gasteiger partial charge in [0.15, 0.2) is 5.76 Å². The number of likely N-dealkylation sites (tertiary alicyclic amines) is 1. The van der Waals surface area contributed by atoms with Gasteiger partial charge >= 0.3 is 0 Å². The molecule has 1 aliphatic heterocycles. The molecule has 6 heteroatoms. The van der Waals surface area contributed by atoms with Crippen LogP contribution in [0.5, 0.6) is 5.75 Å². The zero-order valence-corrected chi connectivity index (χ0v) is 17.4. The molecule has 2 aromatic carbocycles. The molecule has 2 unspecified atom stereocenters. The van der Waals surface area contributed by atoms with Crippen LogP contribution in [0.1, 0.15) is 36.1 Å². The van der Waals surface area contributed by atoms with E-state index in [2.05, 4.69) is 12.1 Å². The summed E-state index contributed by atoms with van der Waals surface area (Å²) < 4.78 is 11.6. The van der Waals surface area contributed by atoms with Crippen molar-refractivity contribution in [2.24, 2.45) is 11.7 Å². The van der Waals surface area contributed by atoms with E-state index in [9.17, 15) is 4.79 Å². The van der Waals surface area contributed by atoms with Crippen LogP contribution in [0.15, 0.2) is 59.0 Å². The summed E-state index contributed by atoms with van der Waals surface area (Å²) in [5.74, 6) is 2.06. The summed E-state index contributed by atoms with van der Waals surface area (Å²) in [6, 6.07) is 17.8. The zero-order chi connectivity index (χ0) is 19.5. The van der Waals surface area contributed by atoms with E-state index in [1.165, 1.54) is 5.39 Å². The number of benzene rings is 2. The summed E-state index contributed by atoms with van der Waals surface area (Å²) in [5.41, 5.74) is 6.02. The first-order chi connectivity index (χ1) is 13.6. The number of carbonyl (C=O) groups is 1. The maximum atomic E-state index is 12.8. The van der Waals surface area contributed by atoms with E-state index < -0.39 is 0 Å². The first-order valence-electron chi connectivity index (χ1n) is 9.85. The highest BCUT2D eigenvalue weighted by Gasteiger charge is 2.28. The molecule has 2 heterocycles. The van der Waals surface area contributed by atoms with Gasteiger partial charge in [0.25, 0.3) is 5.91 Å². The molecule has 0 spiro atoms. The number of rotatable bonds is 5. The fourth-order valence-corrected chi connectivity index (χ4v) is 3.76. The second-order valence-electron chi connectivity index (χ2n) is 7.58. The van der Waals surface area contributed by atoms with Crippen LogP contribution in [-0.4, -0.2) is 29.9 Å². The average molecular weight is 415 g/mol. The first-order valence-corrected chi connectivity index (χ1v) is 9.85. The number of carbonyl (C=O) groups excluding carboxylic acids is 1. The predicted molar refractivity (Wildman–Crippen MR) is 117 cm³/mol. The number of amides is 1. The topological polar surface area (TPSA) is 68.7 Å². The minimum atomic E-state index is -0.0673. The summed E-state index contributed by atoms with van der Waals surface area (Å²) in [4.78, 5) is 14.6. The van der Waals surface area contributed by atoms with Gasteiger partial charge in [-0.3, -0.25) is 4.79 Å². The van der Waals surface area contributed by atoms with E-state index in [0.717, 1.165) is 30.5 Å². The van der Waals surface area contributed by atoms with Gasteiger partial charge in [-0.2, -0.15) is 0 Å². The molecule has 4 rings (SSSR count). The minimum Gasteiger partial charge on any atom is -0.486 e. The lowest BCUT2D eigenvalue weighted by atomic mass is 9.92. The number of hydrogen-bond donors (Lipinski definition) is 1. The quantitative estimate of drug-likeness (QED) is 0.660. The Labute approximate surface area is 177 Å². The lowest BCUT2D eigenvalue weighted by Crippen LogP contribution is -2.44. The Hall–Kier alpha value is -2.50. The number of hydrogen-bond acceptors (Lipinski definition) is 4. The number of fused-ring (bicyclic) bond motifs is 1. The number of halogens is 1. The molecule has 29 heavy (non-hydrogen) atoms. The lowest BCUT2D eigenvalue weighted by molar-refractivity contribution is 0.0625. The molecule has 3 aromatic rings. The highest BCUT2D eigenvalue weighted by molar-refractivity contribution is 5.91. The van der Waals surface area contributed by atoms with Crippen LogP contribution < -0.4 is 10.5 Å². The summed E-state index contributed by atoms with van der Waals surface area (Å²) >= 11 is 0. The molecule has 0 saturated carbocycles. The molecule has 1 saturated heterocycles. The predicted octanol–water partition coefficient (Wildman–Crippen LogP) is 4.63. The molecule has 5 nitrogen and oxygen atoms in total.